The molecule has 1 aliphatic heterocycles. The summed E-state index contributed by atoms with van der Waals surface area (Å²) in [6, 6.07) is 8.08. The number of thiophene rings is 1. The van der Waals surface area contributed by atoms with Gasteiger partial charge in [-0.2, -0.15) is 0 Å². The summed E-state index contributed by atoms with van der Waals surface area (Å²) in [5.74, 6) is 2.32. The smallest absolute Gasteiger partial charge is 0.268 e. The topological polar surface area (TPSA) is 67.5 Å². The van der Waals surface area contributed by atoms with Crippen molar-refractivity contribution in [2.75, 3.05) is 20.8 Å². The third kappa shape index (κ3) is 3.08. The summed E-state index contributed by atoms with van der Waals surface area (Å²) in [5, 5.41) is 1.90. The maximum absolute atomic E-state index is 12.2. The van der Waals surface area contributed by atoms with Crippen molar-refractivity contribution >= 4 is 21.6 Å². The number of fused-ring (bicyclic) bond motifs is 1. The molecule has 1 aliphatic rings. The minimum Gasteiger partial charge on any atom is -0.497 e. The Balaban J connectivity index is 1.63. The molecule has 0 spiro atoms. The number of hydrogen-bond donors (Lipinski definition) is 1. The van der Waals surface area contributed by atoms with E-state index in [9.17, 15) is 4.79 Å². The average Bonchev–Trinajstić information content (AvgIpc) is 3.30. The van der Waals surface area contributed by atoms with Gasteiger partial charge in [0.1, 0.15) is 22.0 Å². The van der Waals surface area contributed by atoms with Gasteiger partial charge >= 0.3 is 0 Å². The summed E-state index contributed by atoms with van der Waals surface area (Å²) in [7, 11) is 3.33. The van der Waals surface area contributed by atoms with Crippen molar-refractivity contribution in [3.8, 4) is 11.5 Å². The second kappa shape index (κ2) is 7.09. The number of aromatic nitrogens is 2. The van der Waals surface area contributed by atoms with Crippen molar-refractivity contribution in [2.24, 2.45) is 0 Å². The highest BCUT2D eigenvalue weighted by Crippen LogP contribution is 2.39. The summed E-state index contributed by atoms with van der Waals surface area (Å²) < 4.78 is 11.6. The van der Waals surface area contributed by atoms with Gasteiger partial charge in [0.05, 0.1) is 26.3 Å². The first kappa shape index (κ1) is 17.1. The molecule has 1 atom stereocenters. The van der Waals surface area contributed by atoms with Crippen molar-refractivity contribution in [1.29, 1.82) is 0 Å². The lowest BCUT2D eigenvalue weighted by Gasteiger charge is -2.26. The van der Waals surface area contributed by atoms with Crippen LogP contribution in [0, 0.1) is 0 Å². The minimum atomic E-state index is -0.0576. The van der Waals surface area contributed by atoms with Gasteiger partial charge in [-0.3, -0.25) is 9.69 Å². The molecule has 0 saturated carbocycles. The Morgan fingerprint density at radius 1 is 1.31 bits per heavy atom. The van der Waals surface area contributed by atoms with Crippen LogP contribution in [0.5, 0.6) is 11.5 Å². The second-order valence-corrected chi connectivity index (χ2v) is 7.30. The number of hydrogen-bond acceptors (Lipinski definition) is 6. The van der Waals surface area contributed by atoms with E-state index in [4.69, 9.17) is 9.47 Å². The van der Waals surface area contributed by atoms with Gasteiger partial charge in [-0.15, -0.1) is 11.3 Å². The van der Waals surface area contributed by atoms with Crippen LogP contribution in [0.2, 0.25) is 0 Å². The predicted molar refractivity (Wildman–Crippen MR) is 102 cm³/mol. The molecular formula is C19H21N3O3S. The standard InChI is InChI=1S/C19H21N3O3S/c1-24-12-5-6-13(16(10-12)25-2)15-4-3-8-22(15)11-17-20-14-7-9-26-18(14)19(23)21-17/h5-7,9-10,15H,3-4,8,11H2,1-2H3,(H,20,21,23)/t15-/m0/s1. The Morgan fingerprint density at radius 2 is 2.19 bits per heavy atom. The molecule has 1 saturated heterocycles. The van der Waals surface area contributed by atoms with Crippen LogP contribution >= 0.6 is 11.3 Å². The third-order valence-corrected chi connectivity index (χ3v) is 5.78. The summed E-state index contributed by atoms with van der Waals surface area (Å²) in [6.07, 6.45) is 2.15. The third-order valence-electron chi connectivity index (χ3n) is 4.88. The maximum Gasteiger partial charge on any atom is 0.268 e. The number of benzene rings is 1. The van der Waals surface area contributed by atoms with Crippen LogP contribution in [0.25, 0.3) is 10.2 Å². The highest BCUT2D eigenvalue weighted by atomic mass is 32.1. The molecule has 6 nitrogen and oxygen atoms in total. The molecule has 3 heterocycles. The van der Waals surface area contributed by atoms with Gasteiger partial charge in [0, 0.05) is 17.7 Å². The SMILES string of the molecule is COc1ccc([C@@H]2CCCN2Cc2nc3ccsc3c(=O)[nH]2)c(OC)c1. The number of nitrogens with zero attached hydrogens (tertiary/aromatic N) is 2. The second-order valence-electron chi connectivity index (χ2n) is 6.38. The molecule has 0 amide bonds. The molecule has 136 valence electrons. The minimum absolute atomic E-state index is 0.0576. The fourth-order valence-electron chi connectivity index (χ4n) is 3.65. The predicted octanol–water partition coefficient (Wildman–Crippen LogP) is 3.34. The van der Waals surface area contributed by atoms with Gasteiger partial charge in [-0.25, -0.2) is 4.98 Å². The van der Waals surface area contributed by atoms with Crippen molar-refractivity contribution in [1.82, 2.24) is 14.9 Å². The summed E-state index contributed by atoms with van der Waals surface area (Å²) >= 11 is 1.42. The normalized spacial score (nSPS) is 17.7. The van der Waals surface area contributed by atoms with Gasteiger partial charge in [0.15, 0.2) is 0 Å². The number of methoxy groups -OCH3 is 2. The number of likely N-dealkylation sites (tertiary alicyclic amines) is 1. The maximum atomic E-state index is 12.2. The van der Waals surface area contributed by atoms with Gasteiger partial charge < -0.3 is 14.5 Å². The van der Waals surface area contributed by atoms with E-state index in [-0.39, 0.29) is 11.6 Å². The van der Waals surface area contributed by atoms with E-state index in [2.05, 4.69) is 20.9 Å². The molecule has 26 heavy (non-hydrogen) atoms. The van der Waals surface area contributed by atoms with E-state index in [1.807, 2.05) is 23.6 Å². The Morgan fingerprint density at radius 3 is 3.00 bits per heavy atom. The first-order valence-electron chi connectivity index (χ1n) is 8.62. The molecule has 3 aromatic rings. The van der Waals surface area contributed by atoms with Crippen LogP contribution in [0.1, 0.15) is 30.3 Å². The molecule has 0 radical (unpaired) electrons. The number of H-pyrrole nitrogens is 1. The van der Waals surface area contributed by atoms with Crippen molar-refractivity contribution in [2.45, 2.75) is 25.4 Å². The molecule has 4 rings (SSSR count). The summed E-state index contributed by atoms with van der Waals surface area (Å²) in [5.41, 5.74) is 1.86. The Kier molecular flexibility index (Phi) is 4.65. The molecule has 0 bridgehead atoms. The average molecular weight is 371 g/mol. The Bertz CT molecular complexity index is 982. The van der Waals surface area contributed by atoms with Gasteiger partial charge in [0.2, 0.25) is 0 Å². The van der Waals surface area contributed by atoms with E-state index >= 15 is 0 Å². The molecular weight excluding hydrogens is 350 g/mol. The van der Waals surface area contributed by atoms with Gasteiger partial charge in [-0.1, -0.05) is 6.07 Å². The number of nitrogens with one attached hydrogen (secondary N) is 1. The van der Waals surface area contributed by atoms with Crippen LogP contribution in [0.4, 0.5) is 0 Å². The monoisotopic (exact) mass is 371 g/mol. The fourth-order valence-corrected chi connectivity index (χ4v) is 4.38. The lowest BCUT2D eigenvalue weighted by molar-refractivity contribution is 0.237. The quantitative estimate of drug-likeness (QED) is 0.745. The fraction of sp³-hybridized carbons (Fsp3) is 0.368. The molecule has 1 aromatic carbocycles. The van der Waals surface area contributed by atoms with Crippen LogP contribution in [0.15, 0.2) is 34.4 Å². The van der Waals surface area contributed by atoms with E-state index in [0.717, 1.165) is 42.0 Å². The Hall–Kier alpha value is -2.38. The van der Waals surface area contributed by atoms with E-state index < -0.39 is 0 Å². The van der Waals surface area contributed by atoms with E-state index in [0.29, 0.717) is 17.1 Å². The zero-order valence-electron chi connectivity index (χ0n) is 14.8. The Labute approximate surface area is 155 Å². The number of rotatable bonds is 5. The molecule has 0 unspecified atom stereocenters. The zero-order valence-corrected chi connectivity index (χ0v) is 15.6. The summed E-state index contributed by atoms with van der Waals surface area (Å²) in [6.45, 7) is 1.58. The van der Waals surface area contributed by atoms with Crippen LogP contribution in [-0.2, 0) is 6.54 Å². The molecule has 1 fully saturated rings. The van der Waals surface area contributed by atoms with E-state index in [1.54, 1.807) is 14.2 Å². The lowest BCUT2D eigenvalue weighted by atomic mass is 10.0. The van der Waals surface area contributed by atoms with E-state index in [1.165, 1.54) is 11.3 Å². The van der Waals surface area contributed by atoms with Gasteiger partial charge in [-0.05, 0) is 36.9 Å². The largest absolute Gasteiger partial charge is 0.497 e. The zero-order chi connectivity index (χ0) is 18.1. The van der Waals surface area contributed by atoms with Crippen LogP contribution < -0.4 is 15.0 Å². The molecule has 2 aromatic heterocycles. The highest BCUT2D eigenvalue weighted by molar-refractivity contribution is 7.17. The van der Waals surface area contributed by atoms with Crippen molar-refractivity contribution in [3.63, 3.8) is 0 Å². The van der Waals surface area contributed by atoms with Gasteiger partial charge in [0.25, 0.3) is 5.56 Å². The molecule has 7 heteroatoms. The van der Waals surface area contributed by atoms with Crippen LogP contribution in [0.3, 0.4) is 0 Å². The van der Waals surface area contributed by atoms with Crippen molar-refractivity contribution in [3.05, 3.63) is 51.4 Å². The highest BCUT2D eigenvalue weighted by Gasteiger charge is 2.29. The molecule has 0 aliphatic carbocycles. The number of ether oxygens (including phenoxy) is 2. The van der Waals surface area contributed by atoms with Crippen LogP contribution in [-0.4, -0.2) is 35.6 Å². The number of aromatic amines is 1. The molecule has 1 N–H and O–H groups in total. The van der Waals surface area contributed by atoms with Crippen molar-refractivity contribution < 1.29 is 9.47 Å². The lowest BCUT2D eigenvalue weighted by Crippen LogP contribution is -2.25. The summed E-state index contributed by atoms with van der Waals surface area (Å²) in [4.78, 5) is 22.1. The first-order chi connectivity index (χ1) is 12.7. The first-order valence-corrected chi connectivity index (χ1v) is 9.50.